The van der Waals surface area contributed by atoms with Gasteiger partial charge >= 0.3 is 0 Å². The zero-order valence-corrected chi connectivity index (χ0v) is 7.95. The van der Waals surface area contributed by atoms with Gasteiger partial charge < -0.3 is 11.1 Å². The molecule has 0 saturated carbocycles. The molecule has 3 N–H and O–H groups in total. The number of nitrogens with one attached hydrogen (secondary N) is 1. The molecule has 0 aliphatic carbocycles. The zero-order valence-electron chi connectivity index (χ0n) is 7.95. The van der Waals surface area contributed by atoms with E-state index in [1.54, 1.807) is 31.2 Å². The van der Waals surface area contributed by atoms with Gasteiger partial charge in [-0.15, -0.1) is 6.42 Å². The Labute approximate surface area is 83.3 Å². The third-order valence-electron chi connectivity index (χ3n) is 1.67. The van der Waals surface area contributed by atoms with E-state index >= 15 is 0 Å². The Bertz CT molecular complexity index is 360. The van der Waals surface area contributed by atoms with Crippen molar-refractivity contribution in [1.82, 2.24) is 5.32 Å². The number of terminal acetylenes is 1. The van der Waals surface area contributed by atoms with E-state index in [9.17, 15) is 4.79 Å². The lowest BCUT2D eigenvalue weighted by molar-refractivity contribution is 0.0941. The summed E-state index contributed by atoms with van der Waals surface area (Å²) in [6.45, 7) is 1.70. The predicted molar refractivity (Wildman–Crippen MR) is 55.5 cm³/mol. The van der Waals surface area contributed by atoms with Gasteiger partial charge in [-0.3, -0.25) is 4.79 Å². The second-order valence-corrected chi connectivity index (χ2v) is 2.98. The van der Waals surface area contributed by atoms with Gasteiger partial charge in [0.1, 0.15) is 0 Å². The molecule has 0 radical (unpaired) electrons. The molecule has 1 aromatic rings. The van der Waals surface area contributed by atoms with Crippen molar-refractivity contribution in [1.29, 1.82) is 0 Å². The first-order valence-corrected chi connectivity index (χ1v) is 4.26. The molecular weight excluding hydrogens is 176 g/mol. The van der Waals surface area contributed by atoms with Crippen LogP contribution in [0, 0.1) is 12.3 Å². The van der Waals surface area contributed by atoms with E-state index in [1.807, 2.05) is 0 Å². The molecule has 14 heavy (non-hydrogen) atoms. The fourth-order valence-electron chi connectivity index (χ4n) is 1.01. The van der Waals surface area contributed by atoms with Crippen LogP contribution in [0.1, 0.15) is 22.8 Å². The monoisotopic (exact) mass is 188 g/mol. The number of carbonyl (C=O) groups is 1. The number of carbonyl (C=O) groups excluding carboxylic acids is 1. The van der Waals surface area contributed by atoms with Crippen LogP contribution in [0.2, 0.25) is 0 Å². The van der Waals surface area contributed by atoms with Crippen LogP contribution in [0.5, 0.6) is 0 Å². The maximum absolute atomic E-state index is 11.4. The number of nitrogens with two attached hydrogens (primary N) is 1. The van der Waals surface area contributed by atoms with Crippen molar-refractivity contribution in [2.75, 3.05) is 0 Å². The lowest BCUT2D eigenvalue weighted by Crippen LogP contribution is -2.38. The Kier molecular flexibility index (Phi) is 3.27. The van der Waals surface area contributed by atoms with Gasteiger partial charge in [0, 0.05) is 11.1 Å². The maximum Gasteiger partial charge on any atom is 0.252 e. The van der Waals surface area contributed by atoms with Crippen LogP contribution < -0.4 is 11.1 Å². The second kappa shape index (κ2) is 4.45. The highest BCUT2D eigenvalue weighted by atomic mass is 16.1. The van der Waals surface area contributed by atoms with Crippen LogP contribution in [0.25, 0.3) is 0 Å². The fraction of sp³-hybridized carbons (Fsp3) is 0.182. The first-order valence-electron chi connectivity index (χ1n) is 4.26. The number of rotatable bonds is 2. The van der Waals surface area contributed by atoms with E-state index in [0.717, 1.165) is 5.56 Å². The van der Waals surface area contributed by atoms with Crippen molar-refractivity contribution in [2.24, 2.45) is 5.73 Å². The molecule has 0 aromatic heterocycles. The largest absolute Gasteiger partial charge is 0.337 e. The normalized spacial score (nSPS) is 11.5. The van der Waals surface area contributed by atoms with Crippen molar-refractivity contribution in [2.45, 2.75) is 13.1 Å². The summed E-state index contributed by atoms with van der Waals surface area (Å²) in [5, 5.41) is 2.58. The number of hydrogen-bond acceptors (Lipinski definition) is 2. The van der Waals surface area contributed by atoms with Crippen LogP contribution in [0.15, 0.2) is 24.3 Å². The van der Waals surface area contributed by atoms with E-state index in [0.29, 0.717) is 5.56 Å². The van der Waals surface area contributed by atoms with Gasteiger partial charge in [0.2, 0.25) is 0 Å². The van der Waals surface area contributed by atoms with Crippen LogP contribution in [0.3, 0.4) is 0 Å². The third-order valence-corrected chi connectivity index (χ3v) is 1.67. The number of hydrogen-bond donors (Lipinski definition) is 2. The first-order chi connectivity index (χ1) is 6.63. The quantitative estimate of drug-likeness (QED) is 0.530. The summed E-state index contributed by atoms with van der Waals surface area (Å²) in [6.07, 6.45) is 4.83. The summed E-state index contributed by atoms with van der Waals surface area (Å²) >= 11 is 0. The van der Waals surface area contributed by atoms with Gasteiger partial charge in [-0.25, -0.2) is 0 Å². The molecule has 3 heteroatoms. The minimum atomic E-state index is -0.352. The average molecular weight is 188 g/mol. The smallest absolute Gasteiger partial charge is 0.252 e. The Morgan fingerprint density at radius 1 is 1.50 bits per heavy atom. The topological polar surface area (TPSA) is 55.1 Å². The Morgan fingerprint density at radius 3 is 2.50 bits per heavy atom. The van der Waals surface area contributed by atoms with Crippen LogP contribution in [-0.2, 0) is 0 Å². The minimum absolute atomic E-state index is 0.191. The van der Waals surface area contributed by atoms with Crippen LogP contribution >= 0.6 is 0 Å². The Balaban J connectivity index is 2.78. The third kappa shape index (κ3) is 2.61. The van der Waals surface area contributed by atoms with Gasteiger partial charge in [0.25, 0.3) is 5.91 Å². The summed E-state index contributed by atoms with van der Waals surface area (Å²) in [6, 6.07) is 6.78. The van der Waals surface area contributed by atoms with E-state index in [2.05, 4.69) is 11.2 Å². The lowest BCUT2D eigenvalue weighted by Gasteiger charge is -2.07. The molecule has 1 aromatic carbocycles. The highest BCUT2D eigenvalue weighted by Crippen LogP contribution is 2.02. The van der Waals surface area contributed by atoms with E-state index in [4.69, 9.17) is 12.2 Å². The van der Waals surface area contributed by atoms with Gasteiger partial charge in [0.05, 0.1) is 6.17 Å². The molecule has 1 atom stereocenters. The second-order valence-electron chi connectivity index (χ2n) is 2.98. The van der Waals surface area contributed by atoms with Crippen molar-refractivity contribution in [3.8, 4) is 12.3 Å². The molecular formula is C11H12N2O. The molecule has 3 nitrogen and oxygen atoms in total. The maximum atomic E-state index is 11.4. The SMILES string of the molecule is C#Cc1ccc(C(=O)NC(C)N)cc1. The summed E-state index contributed by atoms with van der Waals surface area (Å²) in [5.74, 6) is 2.29. The minimum Gasteiger partial charge on any atom is -0.337 e. The molecule has 0 fully saturated rings. The highest BCUT2D eigenvalue weighted by molar-refractivity contribution is 5.94. The van der Waals surface area contributed by atoms with Gasteiger partial charge in [-0.05, 0) is 31.2 Å². The predicted octanol–water partition coefficient (Wildman–Crippen LogP) is 0.702. The molecule has 1 rings (SSSR count). The molecule has 0 heterocycles. The van der Waals surface area contributed by atoms with Gasteiger partial charge in [0.15, 0.2) is 0 Å². The molecule has 0 bridgehead atoms. The van der Waals surface area contributed by atoms with Crippen molar-refractivity contribution in [3.05, 3.63) is 35.4 Å². The number of amides is 1. The number of benzene rings is 1. The molecule has 0 aliphatic rings. The molecule has 0 spiro atoms. The average Bonchev–Trinajstić information content (AvgIpc) is 2.17. The molecule has 1 unspecified atom stereocenters. The molecule has 0 saturated heterocycles. The summed E-state index contributed by atoms with van der Waals surface area (Å²) in [7, 11) is 0. The molecule has 72 valence electrons. The van der Waals surface area contributed by atoms with Gasteiger partial charge in [-0.1, -0.05) is 5.92 Å². The lowest BCUT2D eigenvalue weighted by atomic mass is 10.1. The molecule has 1 amide bonds. The summed E-state index contributed by atoms with van der Waals surface area (Å²) in [5.41, 5.74) is 6.73. The standard InChI is InChI=1S/C11H12N2O/c1-3-9-4-6-10(7-5-9)11(14)13-8(2)12/h1,4-8H,12H2,2H3,(H,13,14). The van der Waals surface area contributed by atoms with Crippen molar-refractivity contribution < 1.29 is 4.79 Å². The van der Waals surface area contributed by atoms with Crippen molar-refractivity contribution >= 4 is 5.91 Å². The van der Waals surface area contributed by atoms with Crippen LogP contribution in [0.4, 0.5) is 0 Å². The van der Waals surface area contributed by atoms with E-state index < -0.39 is 0 Å². The van der Waals surface area contributed by atoms with E-state index in [1.165, 1.54) is 0 Å². The Morgan fingerprint density at radius 2 is 2.07 bits per heavy atom. The van der Waals surface area contributed by atoms with Crippen molar-refractivity contribution in [3.63, 3.8) is 0 Å². The van der Waals surface area contributed by atoms with Gasteiger partial charge in [-0.2, -0.15) is 0 Å². The highest BCUT2D eigenvalue weighted by Gasteiger charge is 2.05. The fourth-order valence-corrected chi connectivity index (χ4v) is 1.01. The van der Waals surface area contributed by atoms with Crippen LogP contribution in [-0.4, -0.2) is 12.1 Å². The molecule has 0 aliphatic heterocycles. The zero-order chi connectivity index (χ0) is 10.6. The summed E-state index contributed by atoms with van der Waals surface area (Å²) < 4.78 is 0. The Hall–Kier alpha value is -1.79. The first kappa shape index (κ1) is 10.3. The van der Waals surface area contributed by atoms with E-state index in [-0.39, 0.29) is 12.1 Å². The summed E-state index contributed by atoms with van der Waals surface area (Å²) in [4.78, 5) is 11.4.